The zero-order valence-electron chi connectivity index (χ0n) is 21.7. The predicted molar refractivity (Wildman–Crippen MR) is 137 cm³/mol. The molecule has 2 aromatic rings. The number of aryl methyl sites for hydroxylation is 1. The van der Waals surface area contributed by atoms with Crippen molar-refractivity contribution in [1.82, 2.24) is 0 Å². The molecule has 5 heteroatoms. The lowest BCUT2D eigenvalue weighted by Gasteiger charge is -2.21. The molecule has 0 aliphatic heterocycles. The normalized spacial score (nSPS) is 23.3. The smallest absolute Gasteiger partial charge is 0.201 e. The number of halogens is 4. The fourth-order valence-electron chi connectivity index (χ4n) is 6.72. The molecule has 1 nitrogen and oxygen atoms in total. The fraction of sp³-hybridized carbons (Fsp3) is 0.613. The molecule has 0 amide bonds. The van der Waals surface area contributed by atoms with Gasteiger partial charge in [-0.15, -0.1) is 0 Å². The summed E-state index contributed by atoms with van der Waals surface area (Å²) in [5, 5.41) is 0. The molecule has 198 valence electrons. The maximum Gasteiger partial charge on any atom is 0.201 e. The van der Waals surface area contributed by atoms with Gasteiger partial charge in [0.25, 0.3) is 0 Å². The van der Waals surface area contributed by atoms with Gasteiger partial charge in [-0.2, -0.15) is 4.39 Å². The average molecular weight is 505 g/mol. The Bertz CT molecular complexity index is 1020. The van der Waals surface area contributed by atoms with Crippen molar-refractivity contribution in [3.8, 4) is 16.9 Å². The van der Waals surface area contributed by atoms with E-state index in [1.807, 2.05) is 6.92 Å². The SMILES string of the molecule is CCCCCC1CCC2C(CCc3ccc(-c4ccc(OCCCC)c(F)c4F)c(F)c3F)CCC12. The maximum atomic E-state index is 15.0. The van der Waals surface area contributed by atoms with Crippen LogP contribution in [-0.2, 0) is 6.42 Å². The molecule has 2 fully saturated rings. The highest BCUT2D eigenvalue weighted by atomic mass is 19.2. The van der Waals surface area contributed by atoms with Crippen LogP contribution in [0.4, 0.5) is 17.6 Å². The number of rotatable bonds is 12. The third kappa shape index (κ3) is 5.75. The molecule has 0 spiro atoms. The van der Waals surface area contributed by atoms with E-state index in [0.29, 0.717) is 24.3 Å². The number of hydrogen-bond acceptors (Lipinski definition) is 1. The molecule has 2 aliphatic carbocycles. The standard InChI is InChI=1S/C31H40F4O/c1-3-5-7-8-20-11-14-24-21(12-15-23(20)24)9-10-22-13-16-25(29(33)28(22)32)26-17-18-27(31(35)30(26)34)36-19-6-4-2/h13,16-18,20-21,23-24H,3-12,14-15,19H2,1-2H3. The van der Waals surface area contributed by atoms with Crippen molar-refractivity contribution in [1.29, 1.82) is 0 Å². The molecule has 0 heterocycles. The average Bonchev–Trinajstić information content (AvgIpc) is 3.46. The second kappa shape index (κ2) is 12.5. The Kier molecular flexibility index (Phi) is 9.35. The molecule has 0 N–H and O–H groups in total. The monoisotopic (exact) mass is 504 g/mol. The van der Waals surface area contributed by atoms with Gasteiger partial charge in [0.1, 0.15) is 0 Å². The summed E-state index contributed by atoms with van der Waals surface area (Å²) in [5.74, 6) is -1.73. The van der Waals surface area contributed by atoms with Gasteiger partial charge in [0.05, 0.1) is 6.61 Å². The largest absolute Gasteiger partial charge is 0.490 e. The third-order valence-electron chi connectivity index (χ3n) is 8.72. The van der Waals surface area contributed by atoms with Crippen molar-refractivity contribution in [2.24, 2.45) is 23.7 Å². The Balaban J connectivity index is 1.41. The molecule has 0 radical (unpaired) electrons. The molecule has 4 atom stereocenters. The zero-order valence-corrected chi connectivity index (χ0v) is 21.7. The van der Waals surface area contributed by atoms with Crippen LogP contribution >= 0.6 is 0 Å². The van der Waals surface area contributed by atoms with Crippen LogP contribution in [0.25, 0.3) is 11.1 Å². The predicted octanol–water partition coefficient (Wildman–Crippen LogP) is 9.65. The van der Waals surface area contributed by atoms with Crippen molar-refractivity contribution < 1.29 is 22.3 Å². The summed E-state index contributed by atoms with van der Waals surface area (Å²) in [6.45, 7) is 4.48. The molecule has 2 aliphatic rings. The molecular weight excluding hydrogens is 464 g/mol. The van der Waals surface area contributed by atoms with Crippen LogP contribution in [0, 0.1) is 46.9 Å². The van der Waals surface area contributed by atoms with Crippen molar-refractivity contribution in [3.05, 3.63) is 53.1 Å². The van der Waals surface area contributed by atoms with E-state index in [1.165, 1.54) is 75.6 Å². The quantitative estimate of drug-likeness (QED) is 0.206. The summed E-state index contributed by atoms with van der Waals surface area (Å²) in [6.07, 6.45) is 13.2. The fourth-order valence-corrected chi connectivity index (χ4v) is 6.72. The molecule has 2 saturated carbocycles. The second-order valence-corrected chi connectivity index (χ2v) is 10.9. The summed E-state index contributed by atoms with van der Waals surface area (Å²) < 4.78 is 64.6. The lowest BCUT2D eigenvalue weighted by molar-refractivity contribution is 0.289. The first-order valence-corrected chi connectivity index (χ1v) is 14.0. The summed E-state index contributed by atoms with van der Waals surface area (Å²) in [6, 6.07) is 5.45. The first-order chi connectivity index (χ1) is 17.5. The number of fused-ring (bicyclic) bond motifs is 1. The van der Waals surface area contributed by atoms with Crippen molar-refractivity contribution in [3.63, 3.8) is 0 Å². The number of hydrogen-bond donors (Lipinski definition) is 0. The van der Waals surface area contributed by atoms with Crippen molar-refractivity contribution in [2.75, 3.05) is 6.61 Å². The molecule has 4 unspecified atom stereocenters. The van der Waals surface area contributed by atoms with E-state index in [4.69, 9.17) is 4.74 Å². The van der Waals surface area contributed by atoms with E-state index < -0.39 is 23.3 Å². The third-order valence-corrected chi connectivity index (χ3v) is 8.72. The van der Waals surface area contributed by atoms with E-state index in [1.54, 1.807) is 0 Å². The van der Waals surface area contributed by atoms with Gasteiger partial charge in [0.15, 0.2) is 23.2 Å². The minimum atomic E-state index is -1.22. The highest BCUT2D eigenvalue weighted by Crippen LogP contribution is 2.53. The summed E-state index contributed by atoms with van der Waals surface area (Å²) in [5.41, 5.74) is -0.242. The lowest BCUT2D eigenvalue weighted by atomic mass is 9.84. The maximum absolute atomic E-state index is 15.0. The summed E-state index contributed by atoms with van der Waals surface area (Å²) >= 11 is 0. The zero-order chi connectivity index (χ0) is 25.7. The Morgan fingerprint density at radius 2 is 1.28 bits per heavy atom. The van der Waals surface area contributed by atoms with Crippen LogP contribution in [0.15, 0.2) is 24.3 Å². The highest BCUT2D eigenvalue weighted by Gasteiger charge is 2.43. The van der Waals surface area contributed by atoms with Gasteiger partial charge in [-0.05, 0) is 86.3 Å². The van der Waals surface area contributed by atoms with Gasteiger partial charge in [0.2, 0.25) is 5.82 Å². The van der Waals surface area contributed by atoms with Crippen LogP contribution < -0.4 is 4.74 Å². The topological polar surface area (TPSA) is 9.23 Å². The minimum absolute atomic E-state index is 0.211. The van der Waals surface area contributed by atoms with E-state index in [9.17, 15) is 8.78 Å². The van der Waals surface area contributed by atoms with Gasteiger partial charge >= 0.3 is 0 Å². The Morgan fingerprint density at radius 3 is 1.94 bits per heavy atom. The van der Waals surface area contributed by atoms with Gasteiger partial charge in [-0.3, -0.25) is 0 Å². The number of unbranched alkanes of at least 4 members (excludes halogenated alkanes) is 3. The van der Waals surface area contributed by atoms with E-state index in [-0.39, 0.29) is 23.5 Å². The number of ether oxygens (including phenoxy) is 1. The summed E-state index contributed by atoms with van der Waals surface area (Å²) in [7, 11) is 0. The lowest BCUT2D eigenvalue weighted by Crippen LogP contribution is -2.14. The second-order valence-electron chi connectivity index (χ2n) is 10.9. The van der Waals surface area contributed by atoms with Gasteiger partial charge < -0.3 is 4.74 Å². The van der Waals surface area contributed by atoms with Gasteiger partial charge in [-0.1, -0.05) is 58.1 Å². The summed E-state index contributed by atoms with van der Waals surface area (Å²) in [4.78, 5) is 0. The van der Waals surface area contributed by atoms with E-state index in [2.05, 4.69) is 6.92 Å². The first-order valence-electron chi connectivity index (χ1n) is 14.0. The van der Waals surface area contributed by atoms with Crippen LogP contribution in [0.1, 0.15) is 90.0 Å². The van der Waals surface area contributed by atoms with Crippen molar-refractivity contribution >= 4 is 0 Å². The van der Waals surface area contributed by atoms with Gasteiger partial charge in [0, 0.05) is 11.1 Å². The number of benzene rings is 2. The van der Waals surface area contributed by atoms with Crippen LogP contribution in [-0.4, -0.2) is 6.61 Å². The Labute approximate surface area is 213 Å². The van der Waals surface area contributed by atoms with E-state index in [0.717, 1.165) is 30.6 Å². The Morgan fingerprint density at radius 1 is 0.667 bits per heavy atom. The molecular formula is C31H40F4O. The van der Waals surface area contributed by atoms with Gasteiger partial charge in [-0.25, -0.2) is 13.2 Å². The molecule has 36 heavy (non-hydrogen) atoms. The van der Waals surface area contributed by atoms with Crippen LogP contribution in [0.2, 0.25) is 0 Å². The molecule has 0 aromatic heterocycles. The molecule has 4 rings (SSSR count). The highest BCUT2D eigenvalue weighted by molar-refractivity contribution is 5.66. The Hall–Kier alpha value is -2.04. The van der Waals surface area contributed by atoms with Crippen LogP contribution in [0.3, 0.4) is 0 Å². The van der Waals surface area contributed by atoms with E-state index >= 15 is 8.78 Å². The molecule has 2 aromatic carbocycles. The molecule has 0 saturated heterocycles. The molecule has 0 bridgehead atoms. The van der Waals surface area contributed by atoms with Crippen molar-refractivity contribution in [2.45, 2.75) is 90.9 Å². The minimum Gasteiger partial charge on any atom is -0.490 e. The van der Waals surface area contributed by atoms with Crippen LogP contribution in [0.5, 0.6) is 5.75 Å². The first kappa shape index (κ1) is 27.0.